The molecule has 0 aromatic carbocycles. The summed E-state index contributed by atoms with van der Waals surface area (Å²) in [4.78, 5) is 30.1. The Kier molecular flexibility index (Phi) is 3.77. The number of nitrogens with zero attached hydrogens (tertiary/aromatic N) is 2. The Bertz CT molecular complexity index is 443. The summed E-state index contributed by atoms with van der Waals surface area (Å²) in [6.45, 7) is 5.62. The van der Waals surface area contributed by atoms with Gasteiger partial charge in [-0.25, -0.2) is 14.8 Å². The van der Waals surface area contributed by atoms with Crippen LogP contribution in [0.2, 0.25) is 0 Å². The second-order valence-electron chi connectivity index (χ2n) is 4.25. The lowest BCUT2D eigenvalue weighted by molar-refractivity contribution is 0.0681. The van der Waals surface area contributed by atoms with Gasteiger partial charge >= 0.3 is 5.97 Å². The second-order valence-corrected chi connectivity index (χ2v) is 4.25. The molecule has 1 rings (SSSR count). The third-order valence-corrected chi connectivity index (χ3v) is 2.45. The van der Waals surface area contributed by atoms with E-state index in [0.29, 0.717) is 0 Å². The van der Waals surface area contributed by atoms with Crippen LogP contribution >= 0.6 is 0 Å². The van der Waals surface area contributed by atoms with Crippen LogP contribution in [0.15, 0.2) is 12.4 Å². The molecule has 0 aliphatic heterocycles. The van der Waals surface area contributed by atoms with Crippen LogP contribution in [0.5, 0.6) is 0 Å². The molecule has 0 spiro atoms. The Hall–Kier alpha value is -1.98. The fourth-order valence-electron chi connectivity index (χ4n) is 1.12. The Labute approximate surface area is 99.1 Å². The third kappa shape index (κ3) is 3.24. The van der Waals surface area contributed by atoms with Crippen LogP contribution < -0.4 is 5.32 Å². The minimum atomic E-state index is -1.27. The normalized spacial score (nSPS) is 11.0. The Morgan fingerprint density at radius 2 is 1.82 bits per heavy atom. The molecule has 1 aromatic heterocycles. The van der Waals surface area contributed by atoms with Crippen molar-refractivity contribution in [1.29, 1.82) is 0 Å². The number of hydrogen-bond donors (Lipinski definition) is 2. The predicted octanol–water partition coefficient (Wildman–Crippen LogP) is 1.09. The molecule has 6 nitrogen and oxygen atoms in total. The van der Waals surface area contributed by atoms with E-state index in [9.17, 15) is 9.59 Å². The van der Waals surface area contributed by atoms with Crippen LogP contribution in [0.4, 0.5) is 0 Å². The molecule has 2 N–H and O–H groups in total. The number of nitrogens with one attached hydrogen (secondary N) is 1. The molecule has 0 fully saturated rings. The SMILES string of the molecule is CCC(C)(C)NC(=O)c1nccnc1C(=O)O. The van der Waals surface area contributed by atoms with E-state index < -0.39 is 17.4 Å². The third-order valence-electron chi connectivity index (χ3n) is 2.45. The summed E-state index contributed by atoms with van der Waals surface area (Å²) in [6, 6.07) is 0. The molecule has 6 heteroatoms. The minimum absolute atomic E-state index is 0.165. The van der Waals surface area contributed by atoms with Crippen LogP contribution in [-0.4, -0.2) is 32.5 Å². The molecular formula is C11H15N3O3. The van der Waals surface area contributed by atoms with E-state index in [1.54, 1.807) is 0 Å². The molecule has 0 aliphatic carbocycles. The molecule has 0 saturated heterocycles. The van der Waals surface area contributed by atoms with Gasteiger partial charge in [0.1, 0.15) is 0 Å². The predicted molar refractivity (Wildman–Crippen MR) is 60.8 cm³/mol. The van der Waals surface area contributed by atoms with Gasteiger partial charge in [-0.1, -0.05) is 6.92 Å². The van der Waals surface area contributed by atoms with E-state index in [0.717, 1.165) is 6.42 Å². The van der Waals surface area contributed by atoms with Gasteiger partial charge in [-0.3, -0.25) is 4.79 Å². The molecule has 1 heterocycles. The number of carbonyl (C=O) groups excluding carboxylic acids is 1. The van der Waals surface area contributed by atoms with Gasteiger partial charge in [0.2, 0.25) is 0 Å². The van der Waals surface area contributed by atoms with Gasteiger partial charge < -0.3 is 10.4 Å². The van der Waals surface area contributed by atoms with Crippen LogP contribution in [0, 0.1) is 0 Å². The highest BCUT2D eigenvalue weighted by atomic mass is 16.4. The zero-order chi connectivity index (χ0) is 13.1. The summed E-state index contributed by atoms with van der Waals surface area (Å²) < 4.78 is 0. The zero-order valence-electron chi connectivity index (χ0n) is 10.0. The van der Waals surface area contributed by atoms with Crippen molar-refractivity contribution in [3.8, 4) is 0 Å². The summed E-state index contributed by atoms with van der Waals surface area (Å²) in [5.74, 6) is -1.79. The molecule has 0 atom stereocenters. The van der Waals surface area contributed by atoms with E-state index in [1.807, 2.05) is 20.8 Å². The maximum Gasteiger partial charge on any atom is 0.356 e. The zero-order valence-corrected chi connectivity index (χ0v) is 10.0. The van der Waals surface area contributed by atoms with Gasteiger partial charge in [0.05, 0.1) is 0 Å². The first-order valence-electron chi connectivity index (χ1n) is 5.24. The maximum atomic E-state index is 11.9. The molecule has 0 saturated carbocycles. The number of carboxylic acids is 1. The van der Waals surface area contributed by atoms with Gasteiger partial charge in [-0.15, -0.1) is 0 Å². The maximum absolute atomic E-state index is 11.9. The lowest BCUT2D eigenvalue weighted by Gasteiger charge is -2.24. The number of aromatic nitrogens is 2. The van der Waals surface area contributed by atoms with Gasteiger partial charge in [0.25, 0.3) is 5.91 Å². The van der Waals surface area contributed by atoms with E-state index in [2.05, 4.69) is 15.3 Å². The van der Waals surface area contributed by atoms with Crippen LogP contribution in [-0.2, 0) is 0 Å². The molecule has 0 radical (unpaired) electrons. The van der Waals surface area contributed by atoms with E-state index in [4.69, 9.17) is 5.11 Å². The second kappa shape index (κ2) is 4.90. The van der Waals surface area contributed by atoms with Gasteiger partial charge in [-0.05, 0) is 20.3 Å². The van der Waals surface area contributed by atoms with Gasteiger partial charge in [0, 0.05) is 17.9 Å². The Morgan fingerprint density at radius 3 is 2.29 bits per heavy atom. The average molecular weight is 237 g/mol. The van der Waals surface area contributed by atoms with Crippen molar-refractivity contribution in [3.05, 3.63) is 23.8 Å². The fourth-order valence-corrected chi connectivity index (χ4v) is 1.12. The molecule has 1 amide bonds. The number of rotatable bonds is 4. The number of hydrogen-bond acceptors (Lipinski definition) is 4. The first-order chi connectivity index (χ1) is 7.87. The molecule has 1 aromatic rings. The summed E-state index contributed by atoms with van der Waals surface area (Å²) in [5.41, 5.74) is -0.914. The Morgan fingerprint density at radius 1 is 1.29 bits per heavy atom. The molecular weight excluding hydrogens is 222 g/mol. The van der Waals surface area contributed by atoms with Crippen LogP contribution in [0.3, 0.4) is 0 Å². The molecule has 92 valence electrons. The lowest BCUT2D eigenvalue weighted by Crippen LogP contribution is -2.43. The summed E-state index contributed by atoms with van der Waals surface area (Å²) in [7, 11) is 0. The van der Waals surface area contributed by atoms with E-state index in [1.165, 1.54) is 12.4 Å². The summed E-state index contributed by atoms with van der Waals surface area (Å²) in [6.07, 6.45) is 3.26. The topological polar surface area (TPSA) is 92.2 Å². The quantitative estimate of drug-likeness (QED) is 0.817. The minimum Gasteiger partial charge on any atom is -0.476 e. The number of amides is 1. The number of aromatic carboxylic acids is 1. The van der Waals surface area contributed by atoms with Crippen molar-refractivity contribution in [2.24, 2.45) is 0 Å². The standard InChI is InChI=1S/C11H15N3O3/c1-4-11(2,3)14-9(15)7-8(10(16)17)13-6-5-12-7/h5-6H,4H2,1-3H3,(H,14,15)(H,16,17). The summed E-state index contributed by atoms with van der Waals surface area (Å²) >= 11 is 0. The van der Waals surface area contributed by atoms with Crippen molar-refractivity contribution in [3.63, 3.8) is 0 Å². The smallest absolute Gasteiger partial charge is 0.356 e. The van der Waals surface area contributed by atoms with Gasteiger partial charge in [-0.2, -0.15) is 0 Å². The van der Waals surface area contributed by atoms with Crippen molar-refractivity contribution in [1.82, 2.24) is 15.3 Å². The molecule has 0 bridgehead atoms. The van der Waals surface area contributed by atoms with E-state index >= 15 is 0 Å². The van der Waals surface area contributed by atoms with Gasteiger partial charge in [0.15, 0.2) is 11.4 Å². The van der Waals surface area contributed by atoms with Crippen molar-refractivity contribution >= 4 is 11.9 Å². The molecule has 0 aliphatic rings. The summed E-state index contributed by atoms with van der Waals surface area (Å²) in [5, 5.41) is 11.6. The highest BCUT2D eigenvalue weighted by molar-refractivity contribution is 6.02. The first-order valence-corrected chi connectivity index (χ1v) is 5.24. The van der Waals surface area contributed by atoms with Crippen molar-refractivity contribution < 1.29 is 14.7 Å². The molecule has 17 heavy (non-hydrogen) atoms. The average Bonchev–Trinajstić information content (AvgIpc) is 2.28. The Balaban J connectivity index is 3.01. The molecule has 0 unspecified atom stereocenters. The van der Waals surface area contributed by atoms with Crippen molar-refractivity contribution in [2.45, 2.75) is 32.7 Å². The van der Waals surface area contributed by atoms with Crippen molar-refractivity contribution in [2.75, 3.05) is 0 Å². The first kappa shape index (κ1) is 13.1. The van der Waals surface area contributed by atoms with Crippen LogP contribution in [0.25, 0.3) is 0 Å². The highest BCUT2D eigenvalue weighted by Gasteiger charge is 2.24. The number of carbonyl (C=O) groups is 2. The van der Waals surface area contributed by atoms with E-state index in [-0.39, 0.29) is 11.4 Å². The lowest BCUT2D eigenvalue weighted by atomic mass is 10.0. The number of carboxylic acid groups (broad SMARTS) is 1. The van der Waals surface area contributed by atoms with Crippen LogP contribution in [0.1, 0.15) is 48.2 Å². The monoisotopic (exact) mass is 237 g/mol. The largest absolute Gasteiger partial charge is 0.476 e. The highest BCUT2D eigenvalue weighted by Crippen LogP contribution is 2.09. The fraction of sp³-hybridized carbons (Fsp3) is 0.455.